The number of nitrogens with zero attached hydrogens (tertiary/aromatic N) is 4. The highest BCUT2D eigenvalue weighted by Gasteiger charge is 2.09. The normalized spacial score (nSPS) is 11.3. The molecule has 32 heavy (non-hydrogen) atoms. The first-order valence-corrected chi connectivity index (χ1v) is 10.6. The molecule has 0 aliphatic rings. The van der Waals surface area contributed by atoms with E-state index in [2.05, 4.69) is 81.3 Å². The fraction of sp³-hybridized carbons (Fsp3) is 0.160. The lowest BCUT2D eigenvalue weighted by Crippen LogP contribution is -2.23. The molecule has 0 aliphatic heterocycles. The Morgan fingerprint density at radius 1 is 1.09 bits per heavy atom. The van der Waals surface area contributed by atoms with Crippen LogP contribution in [0.2, 0.25) is 0 Å². The van der Waals surface area contributed by atoms with Gasteiger partial charge < -0.3 is 15.2 Å². The summed E-state index contributed by atoms with van der Waals surface area (Å²) in [5, 5.41) is 16.0. The van der Waals surface area contributed by atoms with Crippen molar-refractivity contribution in [3.05, 3.63) is 79.4 Å². The molecule has 0 saturated carbocycles. The topological polar surface area (TPSA) is 83.5 Å². The summed E-state index contributed by atoms with van der Waals surface area (Å²) in [6, 6.07) is 16.7. The fourth-order valence-electron chi connectivity index (χ4n) is 3.86. The number of benzene rings is 2. The zero-order valence-electron chi connectivity index (χ0n) is 18.1. The Morgan fingerprint density at radius 3 is 2.88 bits per heavy atom. The summed E-state index contributed by atoms with van der Waals surface area (Å²) in [4.78, 5) is 9.25. The molecule has 0 saturated heterocycles. The van der Waals surface area contributed by atoms with Crippen LogP contribution in [0.4, 0.5) is 11.5 Å². The van der Waals surface area contributed by atoms with Gasteiger partial charge in [-0.25, -0.2) is 9.97 Å². The van der Waals surface area contributed by atoms with E-state index in [1.165, 1.54) is 5.39 Å². The van der Waals surface area contributed by atoms with E-state index in [9.17, 15) is 0 Å². The first-order chi connectivity index (χ1) is 15.5. The Kier molecular flexibility index (Phi) is 5.07. The summed E-state index contributed by atoms with van der Waals surface area (Å²) in [5.74, 6) is 1.41. The van der Waals surface area contributed by atoms with E-state index in [4.69, 9.17) is 4.98 Å². The maximum atomic E-state index is 4.74. The highest BCUT2D eigenvalue weighted by Crippen LogP contribution is 2.25. The predicted molar refractivity (Wildman–Crippen MR) is 130 cm³/mol. The molecule has 3 aromatic heterocycles. The first-order valence-electron chi connectivity index (χ1n) is 10.6. The second-order valence-corrected chi connectivity index (χ2v) is 8.18. The van der Waals surface area contributed by atoms with Gasteiger partial charge in [0.25, 0.3) is 0 Å². The summed E-state index contributed by atoms with van der Waals surface area (Å²) < 4.78 is 2.19. The van der Waals surface area contributed by atoms with Crippen LogP contribution < -0.4 is 10.6 Å². The van der Waals surface area contributed by atoms with Crippen molar-refractivity contribution in [2.75, 3.05) is 5.32 Å². The Bertz CT molecular complexity index is 1410. The number of aromatic amines is 1. The van der Waals surface area contributed by atoms with Crippen LogP contribution in [-0.4, -0.2) is 30.8 Å². The maximum absolute atomic E-state index is 4.74. The number of fused-ring (bicyclic) bond motifs is 2. The van der Waals surface area contributed by atoms with Gasteiger partial charge in [0.2, 0.25) is 0 Å². The molecule has 7 nitrogen and oxygen atoms in total. The van der Waals surface area contributed by atoms with Crippen molar-refractivity contribution in [1.29, 1.82) is 0 Å². The van der Waals surface area contributed by atoms with Gasteiger partial charge in [-0.3, -0.25) is 5.10 Å². The van der Waals surface area contributed by atoms with Gasteiger partial charge in [0.15, 0.2) is 5.82 Å². The number of anilines is 2. The van der Waals surface area contributed by atoms with Crippen LogP contribution in [0.15, 0.2) is 79.4 Å². The van der Waals surface area contributed by atoms with E-state index in [-0.39, 0.29) is 0 Å². The smallest absolute Gasteiger partial charge is 0.161 e. The molecular weight excluding hydrogens is 398 g/mol. The SMILES string of the molecule is C=C(Cn1ccc2ccc(-c3nccc(Nc4ccc5[nH]ncc5c4)n3)cc21)NC(C)C. The van der Waals surface area contributed by atoms with E-state index in [0.717, 1.165) is 39.2 Å². The third-order valence-electron chi connectivity index (χ3n) is 5.25. The number of aromatic nitrogens is 5. The van der Waals surface area contributed by atoms with Gasteiger partial charge >= 0.3 is 0 Å². The summed E-state index contributed by atoms with van der Waals surface area (Å²) in [6.07, 6.45) is 5.67. The van der Waals surface area contributed by atoms with Crippen LogP contribution in [-0.2, 0) is 6.54 Å². The average molecular weight is 424 g/mol. The molecule has 0 bridgehead atoms. The Hall–Kier alpha value is -4.13. The molecule has 3 N–H and O–H groups in total. The van der Waals surface area contributed by atoms with Crippen molar-refractivity contribution >= 4 is 33.3 Å². The predicted octanol–water partition coefficient (Wildman–Crippen LogP) is 5.23. The maximum Gasteiger partial charge on any atom is 0.161 e. The Morgan fingerprint density at radius 2 is 2.00 bits per heavy atom. The molecule has 7 heteroatoms. The molecular formula is C25H25N7. The van der Waals surface area contributed by atoms with Gasteiger partial charge in [-0.15, -0.1) is 0 Å². The second-order valence-electron chi connectivity index (χ2n) is 8.18. The Labute approximate surface area is 186 Å². The number of rotatable bonds is 7. The second kappa shape index (κ2) is 8.19. The molecule has 0 fully saturated rings. The number of hydrogen-bond donors (Lipinski definition) is 3. The van der Waals surface area contributed by atoms with Crippen LogP contribution in [0.1, 0.15) is 13.8 Å². The summed E-state index contributed by atoms with van der Waals surface area (Å²) >= 11 is 0. The lowest BCUT2D eigenvalue weighted by Gasteiger charge is -2.14. The molecule has 0 radical (unpaired) electrons. The standard InChI is InChI=1S/C25H25N7/c1-16(2)28-17(3)15-32-11-9-18-4-5-19(13-23(18)32)25-26-10-8-24(30-25)29-21-6-7-22-20(12-21)14-27-31-22/h4-14,16,28H,3,15H2,1-2H3,(H,27,31)(H,26,29,30). The molecule has 160 valence electrons. The van der Waals surface area contributed by atoms with Crippen LogP contribution in [0, 0.1) is 0 Å². The molecule has 3 heterocycles. The van der Waals surface area contributed by atoms with Crippen molar-refractivity contribution in [2.24, 2.45) is 0 Å². The molecule has 0 aliphatic carbocycles. The summed E-state index contributed by atoms with van der Waals surface area (Å²) in [6.45, 7) is 9.09. The van der Waals surface area contributed by atoms with Gasteiger partial charge in [-0.1, -0.05) is 18.7 Å². The minimum absolute atomic E-state index is 0.359. The highest BCUT2D eigenvalue weighted by atomic mass is 15.1. The molecule has 0 unspecified atom stereocenters. The van der Waals surface area contributed by atoms with E-state index >= 15 is 0 Å². The zero-order valence-corrected chi connectivity index (χ0v) is 18.1. The monoisotopic (exact) mass is 423 g/mol. The quantitative estimate of drug-likeness (QED) is 0.334. The van der Waals surface area contributed by atoms with Gasteiger partial charge in [0, 0.05) is 46.3 Å². The van der Waals surface area contributed by atoms with Crippen LogP contribution in [0.25, 0.3) is 33.2 Å². The van der Waals surface area contributed by atoms with E-state index in [0.29, 0.717) is 18.4 Å². The van der Waals surface area contributed by atoms with Gasteiger partial charge in [0.1, 0.15) is 5.82 Å². The largest absolute Gasteiger partial charge is 0.385 e. The van der Waals surface area contributed by atoms with Gasteiger partial charge in [-0.2, -0.15) is 5.10 Å². The van der Waals surface area contributed by atoms with Crippen LogP contribution in [0.5, 0.6) is 0 Å². The van der Waals surface area contributed by atoms with Gasteiger partial charge in [-0.05, 0) is 55.6 Å². The number of allylic oxidation sites excluding steroid dienone is 1. The average Bonchev–Trinajstić information content (AvgIpc) is 3.40. The highest BCUT2D eigenvalue weighted by molar-refractivity contribution is 5.85. The minimum atomic E-state index is 0.359. The van der Waals surface area contributed by atoms with Crippen molar-refractivity contribution in [3.8, 4) is 11.4 Å². The number of hydrogen-bond acceptors (Lipinski definition) is 5. The molecule has 5 rings (SSSR count). The van der Waals surface area contributed by atoms with E-state index in [1.54, 1.807) is 6.20 Å². The zero-order chi connectivity index (χ0) is 22.1. The van der Waals surface area contributed by atoms with Crippen molar-refractivity contribution in [3.63, 3.8) is 0 Å². The van der Waals surface area contributed by atoms with Crippen molar-refractivity contribution in [1.82, 2.24) is 30.0 Å². The van der Waals surface area contributed by atoms with Crippen LogP contribution >= 0.6 is 0 Å². The van der Waals surface area contributed by atoms with E-state index < -0.39 is 0 Å². The van der Waals surface area contributed by atoms with Gasteiger partial charge in [0.05, 0.1) is 18.3 Å². The van der Waals surface area contributed by atoms with Crippen molar-refractivity contribution in [2.45, 2.75) is 26.4 Å². The number of nitrogens with one attached hydrogen (secondary N) is 3. The summed E-state index contributed by atoms with van der Waals surface area (Å²) in [7, 11) is 0. The van der Waals surface area contributed by atoms with E-state index in [1.807, 2.05) is 30.5 Å². The van der Waals surface area contributed by atoms with Crippen molar-refractivity contribution < 1.29 is 0 Å². The molecule has 0 atom stereocenters. The lowest BCUT2D eigenvalue weighted by molar-refractivity contribution is 0.624. The third kappa shape index (κ3) is 4.05. The first kappa shape index (κ1) is 19.8. The lowest BCUT2D eigenvalue weighted by atomic mass is 10.1. The minimum Gasteiger partial charge on any atom is -0.385 e. The third-order valence-corrected chi connectivity index (χ3v) is 5.25. The number of H-pyrrole nitrogens is 1. The summed E-state index contributed by atoms with van der Waals surface area (Å²) in [5.41, 5.74) is 5.03. The molecule has 5 aromatic rings. The molecule has 2 aromatic carbocycles. The molecule has 0 spiro atoms. The fourth-order valence-corrected chi connectivity index (χ4v) is 3.86. The Balaban J connectivity index is 1.42. The van der Waals surface area contributed by atoms with Crippen LogP contribution in [0.3, 0.4) is 0 Å². The molecule has 0 amide bonds.